The van der Waals surface area contributed by atoms with Crippen LogP contribution in [0.25, 0.3) is 0 Å². The summed E-state index contributed by atoms with van der Waals surface area (Å²) >= 11 is 12.8. The van der Waals surface area contributed by atoms with E-state index in [1.54, 1.807) is 6.07 Å². The Morgan fingerprint density at radius 2 is 1.61 bits per heavy atom. The third kappa shape index (κ3) is 3.62. The van der Waals surface area contributed by atoms with Crippen LogP contribution >= 0.6 is 23.2 Å². The Kier molecular flexibility index (Phi) is 4.97. The van der Waals surface area contributed by atoms with Crippen molar-refractivity contribution >= 4 is 40.4 Å². The minimum Gasteiger partial charge on any atom is -0.454 e. The molecule has 2 atom stereocenters. The predicted octanol–water partition coefficient (Wildman–Crippen LogP) is 6.70. The van der Waals surface area contributed by atoms with E-state index < -0.39 is 6.04 Å². The number of ether oxygens (including phenoxy) is 2. The summed E-state index contributed by atoms with van der Waals surface area (Å²) in [5, 5.41) is 8.31. The molecular formula is C26H20Cl2N2O3. The van der Waals surface area contributed by atoms with E-state index >= 15 is 0 Å². The number of hydrogen-bond donors (Lipinski definition) is 2. The van der Waals surface area contributed by atoms with Crippen molar-refractivity contribution in [1.82, 2.24) is 0 Å². The van der Waals surface area contributed by atoms with Gasteiger partial charge in [0.15, 0.2) is 17.3 Å². The van der Waals surface area contributed by atoms with E-state index in [-0.39, 0.29) is 18.5 Å². The van der Waals surface area contributed by atoms with Gasteiger partial charge in [-0.2, -0.15) is 0 Å². The molecule has 3 aliphatic rings. The van der Waals surface area contributed by atoms with Crippen molar-refractivity contribution in [2.24, 2.45) is 0 Å². The van der Waals surface area contributed by atoms with Gasteiger partial charge in [-0.1, -0.05) is 47.5 Å². The van der Waals surface area contributed by atoms with Crippen molar-refractivity contribution in [2.75, 3.05) is 17.4 Å². The first-order chi connectivity index (χ1) is 16.1. The lowest BCUT2D eigenvalue weighted by Gasteiger charge is -2.30. The van der Waals surface area contributed by atoms with E-state index in [0.717, 1.165) is 28.2 Å². The molecule has 3 aromatic carbocycles. The van der Waals surface area contributed by atoms with E-state index in [1.165, 1.54) is 0 Å². The molecule has 0 unspecified atom stereocenters. The van der Waals surface area contributed by atoms with E-state index in [2.05, 4.69) is 10.6 Å². The van der Waals surface area contributed by atoms with Gasteiger partial charge < -0.3 is 20.1 Å². The molecule has 3 aromatic rings. The minimum absolute atomic E-state index is 0.0687. The summed E-state index contributed by atoms with van der Waals surface area (Å²) < 4.78 is 11.1. The van der Waals surface area contributed by atoms with Gasteiger partial charge in [-0.25, -0.2) is 0 Å². The Morgan fingerprint density at radius 1 is 0.879 bits per heavy atom. The van der Waals surface area contributed by atoms with Crippen LogP contribution < -0.4 is 20.1 Å². The summed E-state index contributed by atoms with van der Waals surface area (Å²) in [4.78, 5) is 13.6. The van der Waals surface area contributed by atoms with Gasteiger partial charge in [0.2, 0.25) is 6.79 Å². The number of benzene rings is 3. The van der Waals surface area contributed by atoms with Gasteiger partial charge in [0.05, 0.1) is 22.4 Å². The molecule has 2 aliphatic heterocycles. The molecule has 0 fully saturated rings. The first-order valence-electron chi connectivity index (χ1n) is 10.8. The molecule has 0 bridgehead atoms. The molecular weight excluding hydrogens is 459 g/mol. The highest BCUT2D eigenvalue weighted by atomic mass is 35.5. The Balaban J connectivity index is 1.47. The van der Waals surface area contributed by atoms with Crippen molar-refractivity contribution in [3.63, 3.8) is 0 Å². The molecule has 2 N–H and O–H groups in total. The van der Waals surface area contributed by atoms with Crippen molar-refractivity contribution in [2.45, 2.75) is 24.8 Å². The second-order valence-corrected chi connectivity index (χ2v) is 9.29. The summed E-state index contributed by atoms with van der Waals surface area (Å²) in [6.45, 7) is 0.160. The first kappa shape index (κ1) is 20.5. The predicted molar refractivity (Wildman–Crippen MR) is 129 cm³/mol. The maximum Gasteiger partial charge on any atom is 0.231 e. The van der Waals surface area contributed by atoms with E-state index in [0.29, 0.717) is 40.0 Å². The molecule has 6 rings (SSSR count). The lowest BCUT2D eigenvalue weighted by Crippen LogP contribution is -2.27. The van der Waals surface area contributed by atoms with E-state index in [1.807, 2.05) is 54.6 Å². The second kappa shape index (κ2) is 8.01. The van der Waals surface area contributed by atoms with Crippen LogP contribution in [0.2, 0.25) is 10.0 Å². The van der Waals surface area contributed by atoms with Crippen LogP contribution in [0.1, 0.15) is 35.9 Å². The summed E-state index contributed by atoms with van der Waals surface area (Å²) in [5.41, 5.74) is 5.32. The van der Waals surface area contributed by atoms with Crippen LogP contribution in [0.4, 0.5) is 11.4 Å². The zero-order chi connectivity index (χ0) is 22.5. The van der Waals surface area contributed by atoms with Crippen LogP contribution in [0.3, 0.4) is 0 Å². The Labute approximate surface area is 201 Å². The molecule has 0 spiro atoms. The van der Waals surface area contributed by atoms with Crippen LogP contribution in [-0.4, -0.2) is 12.6 Å². The normalized spacial score (nSPS) is 21.0. The summed E-state index contributed by atoms with van der Waals surface area (Å²) in [6.07, 6.45) is 1.12. The van der Waals surface area contributed by atoms with Gasteiger partial charge >= 0.3 is 0 Å². The second-order valence-electron chi connectivity index (χ2n) is 8.45. The number of halogens is 2. The Bertz CT molecular complexity index is 1300. The Hall–Kier alpha value is -3.15. The molecule has 0 saturated carbocycles. The summed E-state index contributed by atoms with van der Waals surface area (Å²) in [5.74, 6) is 1.40. The number of rotatable bonds is 2. The van der Waals surface area contributed by atoms with E-state index in [4.69, 9.17) is 32.7 Å². The smallest absolute Gasteiger partial charge is 0.231 e. The lowest BCUT2D eigenvalue weighted by molar-refractivity contribution is -0.116. The van der Waals surface area contributed by atoms with Gasteiger partial charge in [-0.05, 0) is 48.2 Å². The molecule has 5 nitrogen and oxygen atoms in total. The topological polar surface area (TPSA) is 59.6 Å². The average Bonchev–Trinajstić information content (AvgIpc) is 3.18. The fourth-order valence-electron chi connectivity index (χ4n) is 4.85. The van der Waals surface area contributed by atoms with Crippen LogP contribution in [0.15, 0.2) is 71.9 Å². The molecule has 2 heterocycles. The van der Waals surface area contributed by atoms with Crippen molar-refractivity contribution in [3.05, 3.63) is 93.1 Å². The highest BCUT2D eigenvalue weighted by Gasteiger charge is 2.37. The number of fused-ring (bicyclic) bond motifs is 2. The number of para-hydroxylation sites is 2. The largest absolute Gasteiger partial charge is 0.454 e. The Morgan fingerprint density at radius 3 is 2.39 bits per heavy atom. The maximum atomic E-state index is 13.6. The number of carbonyl (C=O) groups excluding carboxylic acids is 1. The fourth-order valence-corrected chi connectivity index (χ4v) is 5.24. The average molecular weight is 479 g/mol. The third-order valence-electron chi connectivity index (χ3n) is 6.45. The highest BCUT2D eigenvalue weighted by molar-refractivity contribution is 6.32. The zero-order valence-corrected chi connectivity index (χ0v) is 19.0. The number of Topliss-reactive ketones (excluding diaryl/α,β-unsaturated/α-hetero) is 1. The van der Waals surface area contributed by atoms with Gasteiger partial charge in [-0.3, -0.25) is 4.79 Å². The van der Waals surface area contributed by atoms with Gasteiger partial charge in [0.25, 0.3) is 0 Å². The number of anilines is 2. The zero-order valence-electron chi connectivity index (χ0n) is 17.5. The molecule has 0 amide bonds. The molecule has 0 radical (unpaired) electrons. The summed E-state index contributed by atoms with van der Waals surface area (Å²) in [6, 6.07) is 18.9. The SMILES string of the molecule is O=C1C[C@@H](c2ccc(Cl)cc2)CC2=C1[C@@H](c1cc3c(cc1Cl)OCO3)Nc1ccccc1N2. The molecule has 7 heteroatoms. The quantitative estimate of drug-likeness (QED) is 0.428. The molecule has 1 aliphatic carbocycles. The number of allylic oxidation sites excluding steroid dienone is 1. The van der Waals surface area contributed by atoms with Crippen molar-refractivity contribution in [1.29, 1.82) is 0 Å². The molecule has 33 heavy (non-hydrogen) atoms. The fraction of sp³-hybridized carbons (Fsp3) is 0.192. The number of hydrogen-bond acceptors (Lipinski definition) is 5. The summed E-state index contributed by atoms with van der Waals surface area (Å²) in [7, 11) is 0. The number of nitrogens with one attached hydrogen (secondary N) is 2. The lowest BCUT2D eigenvalue weighted by atomic mass is 9.78. The van der Waals surface area contributed by atoms with Crippen LogP contribution in [0, 0.1) is 0 Å². The van der Waals surface area contributed by atoms with Gasteiger partial charge in [0.1, 0.15) is 0 Å². The third-order valence-corrected chi connectivity index (χ3v) is 7.03. The van der Waals surface area contributed by atoms with Gasteiger partial charge in [0, 0.05) is 34.3 Å². The monoisotopic (exact) mass is 478 g/mol. The maximum absolute atomic E-state index is 13.6. The molecule has 0 saturated heterocycles. The minimum atomic E-state index is -0.420. The number of carbonyl (C=O) groups is 1. The molecule has 166 valence electrons. The van der Waals surface area contributed by atoms with Crippen molar-refractivity contribution in [3.8, 4) is 11.5 Å². The first-order valence-corrected chi connectivity index (χ1v) is 11.6. The van der Waals surface area contributed by atoms with Crippen LogP contribution in [0.5, 0.6) is 11.5 Å². The number of ketones is 1. The van der Waals surface area contributed by atoms with Gasteiger partial charge in [-0.15, -0.1) is 0 Å². The molecule has 0 aromatic heterocycles. The van der Waals surface area contributed by atoms with E-state index in [9.17, 15) is 4.79 Å². The van der Waals surface area contributed by atoms with Crippen LogP contribution in [-0.2, 0) is 4.79 Å². The van der Waals surface area contributed by atoms with Crippen molar-refractivity contribution < 1.29 is 14.3 Å². The standard InChI is InChI=1S/C26H20Cl2N2O3/c27-16-7-5-14(6-8-16)15-9-21-25(22(31)10-15)26(30-20-4-2-1-3-19(20)29-21)17-11-23-24(12-18(17)28)33-13-32-23/h1-8,11-12,15,26,29-30H,9-10,13H2/t15-,26+/m0/s1. The highest BCUT2D eigenvalue weighted by Crippen LogP contribution is 2.47.